The molecule has 0 unspecified atom stereocenters. The van der Waals surface area contributed by atoms with Crippen LogP contribution in [0.1, 0.15) is 28.2 Å². The average Bonchev–Trinajstić information content (AvgIpc) is 3.29. The molecule has 1 amide bonds. The van der Waals surface area contributed by atoms with Gasteiger partial charge in [-0.25, -0.2) is 0 Å². The first-order valence-electron chi connectivity index (χ1n) is 11.1. The lowest BCUT2D eigenvalue weighted by molar-refractivity contribution is -0.534. The second kappa shape index (κ2) is 8.52. The van der Waals surface area contributed by atoms with E-state index in [0.717, 1.165) is 15.6 Å². The van der Waals surface area contributed by atoms with Crippen LogP contribution in [0.2, 0.25) is 0 Å². The Kier molecular flexibility index (Phi) is 5.65. The van der Waals surface area contributed by atoms with Crippen LogP contribution in [0, 0.1) is 17.0 Å². The van der Waals surface area contributed by atoms with Crippen LogP contribution in [0.25, 0.3) is 0 Å². The van der Waals surface area contributed by atoms with Gasteiger partial charge in [-0.2, -0.15) is 0 Å². The Morgan fingerprint density at radius 1 is 1.18 bits per heavy atom. The van der Waals surface area contributed by atoms with Crippen molar-refractivity contribution in [3.05, 3.63) is 104 Å². The Labute approximate surface area is 206 Å². The van der Waals surface area contributed by atoms with Gasteiger partial charge in [0.2, 0.25) is 0 Å². The molecule has 0 saturated carbocycles. The van der Waals surface area contributed by atoms with Crippen molar-refractivity contribution in [3.8, 4) is 5.75 Å². The van der Waals surface area contributed by atoms with Crippen molar-refractivity contribution < 1.29 is 14.5 Å². The zero-order chi connectivity index (χ0) is 24.0. The highest BCUT2D eigenvalue weighted by Gasteiger charge is 2.68. The maximum Gasteiger partial charge on any atom is 0.256 e. The number of nitrogens with one attached hydrogen (secondary N) is 1. The fraction of sp³-hybridized carbons (Fsp3) is 0.269. The number of nitrogens with zero attached hydrogens (tertiary/aromatic N) is 2. The minimum Gasteiger partial charge on any atom is -0.489 e. The molecule has 2 aliphatic heterocycles. The number of carbonyl (C=O) groups is 1. The molecule has 174 valence electrons. The van der Waals surface area contributed by atoms with E-state index in [2.05, 4.69) is 21.2 Å². The van der Waals surface area contributed by atoms with Crippen molar-refractivity contribution >= 4 is 27.5 Å². The number of fused-ring (bicyclic) bond motifs is 2. The molecular formula is C26H24BrN3O4. The minimum atomic E-state index is -1.39. The quantitative estimate of drug-likeness (QED) is 0.382. The van der Waals surface area contributed by atoms with Crippen molar-refractivity contribution in [2.75, 3.05) is 18.9 Å². The number of aryl methyl sites for hydroxylation is 1. The van der Waals surface area contributed by atoms with E-state index in [1.165, 1.54) is 0 Å². The zero-order valence-corrected chi connectivity index (χ0v) is 20.4. The lowest BCUT2D eigenvalue weighted by Crippen LogP contribution is -2.54. The summed E-state index contributed by atoms with van der Waals surface area (Å²) in [7, 11) is 1.78. The van der Waals surface area contributed by atoms with Crippen molar-refractivity contribution in [2.24, 2.45) is 0 Å². The fourth-order valence-corrected chi connectivity index (χ4v) is 5.73. The summed E-state index contributed by atoms with van der Waals surface area (Å²) in [5.41, 5.74) is 2.76. The molecule has 34 heavy (non-hydrogen) atoms. The van der Waals surface area contributed by atoms with Crippen molar-refractivity contribution in [3.63, 3.8) is 0 Å². The van der Waals surface area contributed by atoms with Crippen LogP contribution in [-0.2, 0) is 16.9 Å². The molecule has 3 atom stereocenters. The highest BCUT2D eigenvalue weighted by molar-refractivity contribution is 9.10. The maximum atomic E-state index is 13.3. The van der Waals surface area contributed by atoms with E-state index in [0.29, 0.717) is 35.7 Å². The van der Waals surface area contributed by atoms with E-state index >= 15 is 0 Å². The molecule has 0 bridgehead atoms. The Morgan fingerprint density at radius 2 is 1.91 bits per heavy atom. The second-order valence-corrected chi connectivity index (χ2v) is 9.86. The Bertz CT molecular complexity index is 1280. The topological polar surface area (TPSA) is 84.7 Å². The highest BCUT2D eigenvalue weighted by Crippen LogP contribution is 2.53. The third-order valence-electron chi connectivity index (χ3n) is 6.93. The van der Waals surface area contributed by atoms with E-state index in [1.807, 2.05) is 66.4 Å². The third-order valence-corrected chi connectivity index (χ3v) is 7.42. The smallest absolute Gasteiger partial charge is 0.256 e. The summed E-state index contributed by atoms with van der Waals surface area (Å²) < 4.78 is 6.98. The van der Waals surface area contributed by atoms with Crippen LogP contribution in [0.4, 0.5) is 5.69 Å². The Balaban J connectivity index is 1.56. The van der Waals surface area contributed by atoms with E-state index in [1.54, 1.807) is 19.2 Å². The molecule has 3 aromatic rings. The molecule has 8 heteroatoms. The monoisotopic (exact) mass is 521 g/mol. The molecule has 0 aliphatic carbocycles. The van der Waals surface area contributed by atoms with Gasteiger partial charge in [0.25, 0.3) is 11.9 Å². The lowest BCUT2D eigenvalue weighted by Gasteiger charge is -2.30. The average molecular weight is 522 g/mol. The van der Waals surface area contributed by atoms with Gasteiger partial charge in [-0.3, -0.25) is 19.8 Å². The number of para-hydroxylation sites is 1. The standard InChI is InChI=1S/C26H24BrN3O4/c1-16-7-9-17(10-8-16)15-34-23-12-11-18(27)13-19(23)20-14-29(2)26(24(20)30(32)33)21-5-3-4-6-22(21)28-25(26)31/h3-13,20,24H,14-15H2,1-2H3,(H,28,31)/t20-,24-,26-/m0/s1. The van der Waals surface area contributed by atoms with Gasteiger partial charge in [0.05, 0.1) is 5.92 Å². The van der Waals surface area contributed by atoms with E-state index in [9.17, 15) is 14.9 Å². The number of likely N-dealkylation sites (tertiary alicyclic amines) is 1. The summed E-state index contributed by atoms with van der Waals surface area (Å²) in [6, 6.07) is 19.7. The zero-order valence-electron chi connectivity index (χ0n) is 18.8. The number of ether oxygens (including phenoxy) is 1. The van der Waals surface area contributed by atoms with Crippen LogP contribution in [-0.4, -0.2) is 35.4 Å². The highest BCUT2D eigenvalue weighted by atomic mass is 79.9. The Hall–Kier alpha value is -3.23. The first kappa shape index (κ1) is 22.6. The van der Waals surface area contributed by atoms with Crippen LogP contribution in [0.5, 0.6) is 5.75 Å². The van der Waals surface area contributed by atoms with Crippen LogP contribution >= 0.6 is 15.9 Å². The first-order chi connectivity index (χ1) is 16.3. The molecular weight excluding hydrogens is 498 g/mol. The van der Waals surface area contributed by atoms with Crippen molar-refractivity contribution in [1.29, 1.82) is 0 Å². The van der Waals surface area contributed by atoms with Crippen LogP contribution in [0.3, 0.4) is 0 Å². The number of benzene rings is 3. The van der Waals surface area contributed by atoms with Crippen LogP contribution in [0.15, 0.2) is 71.2 Å². The van der Waals surface area contributed by atoms with Gasteiger partial charge in [-0.1, -0.05) is 64.0 Å². The number of anilines is 1. The van der Waals surface area contributed by atoms with E-state index in [-0.39, 0.29) is 10.8 Å². The van der Waals surface area contributed by atoms with Gasteiger partial charge >= 0.3 is 0 Å². The largest absolute Gasteiger partial charge is 0.489 e. The van der Waals surface area contributed by atoms with Gasteiger partial charge in [-0.05, 0) is 43.8 Å². The third kappa shape index (κ3) is 3.49. The van der Waals surface area contributed by atoms with Crippen molar-refractivity contribution in [2.45, 2.75) is 31.0 Å². The number of hydrogen-bond acceptors (Lipinski definition) is 5. The van der Waals surface area contributed by atoms with Gasteiger partial charge < -0.3 is 10.1 Å². The van der Waals surface area contributed by atoms with Gasteiger partial charge in [-0.15, -0.1) is 0 Å². The number of hydrogen-bond donors (Lipinski definition) is 1. The van der Waals surface area contributed by atoms with Crippen molar-refractivity contribution in [1.82, 2.24) is 4.90 Å². The summed E-state index contributed by atoms with van der Waals surface area (Å²) in [4.78, 5) is 27.5. The maximum absolute atomic E-state index is 13.3. The molecule has 0 radical (unpaired) electrons. The molecule has 1 saturated heterocycles. The Morgan fingerprint density at radius 3 is 2.65 bits per heavy atom. The number of halogens is 1. The van der Waals surface area contributed by atoms with Gasteiger partial charge in [0.15, 0.2) is 5.54 Å². The molecule has 2 heterocycles. The molecule has 0 aromatic heterocycles. The first-order valence-corrected chi connectivity index (χ1v) is 11.8. The molecule has 1 spiro atoms. The fourth-order valence-electron chi connectivity index (χ4n) is 5.35. The lowest BCUT2D eigenvalue weighted by atomic mass is 9.79. The van der Waals surface area contributed by atoms with E-state index in [4.69, 9.17) is 4.74 Å². The summed E-state index contributed by atoms with van der Waals surface area (Å²) >= 11 is 3.51. The summed E-state index contributed by atoms with van der Waals surface area (Å²) in [5, 5.41) is 15.5. The van der Waals surface area contributed by atoms with Gasteiger partial charge in [0, 0.05) is 32.8 Å². The summed E-state index contributed by atoms with van der Waals surface area (Å²) in [6.45, 7) is 2.71. The predicted octanol–water partition coefficient (Wildman–Crippen LogP) is 4.86. The molecule has 7 nitrogen and oxygen atoms in total. The van der Waals surface area contributed by atoms with Crippen LogP contribution < -0.4 is 10.1 Å². The summed E-state index contributed by atoms with van der Waals surface area (Å²) in [6.07, 6.45) is 0. The number of amides is 1. The molecule has 5 rings (SSSR count). The second-order valence-electron chi connectivity index (χ2n) is 8.94. The SMILES string of the molecule is Cc1ccc(COc2ccc(Br)cc2[C@@H]2CN(C)[C@]3(C(=O)Nc4ccccc43)[C@H]2[N+](=O)[O-])cc1. The number of rotatable bonds is 5. The normalized spacial score (nSPS) is 23.7. The number of nitro groups is 1. The molecule has 1 N–H and O–H groups in total. The number of carbonyl (C=O) groups excluding carboxylic acids is 1. The number of likely N-dealkylation sites (N-methyl/N-ethyl adjacent to an activating group) is 1. The molecule has 2 aliphatic rings. The molecule has 3 aromatic carbocycles. The molecule has 1 fully saturated rings. The summed E-state index contributed by atoms with van der Waals surface area (Å²) in [5.74, 6) is -0.335. The van der Waals surface area contributed by atoms with Gasteiger partial charge in [0.1, 0.15) is 12.4 Å². The van der Waals surface area contributed by atoms with E-state index < -0.39 is 17.5 Å². The predicted molar refractivity (Wildman–Crippen MR) is 133 cm³/mol. The minimum absolute atomic E-state index is 0.305.